The average molecular weight is 433 g/mol. The number of carbonyl (C=O) groups is 1. The summed E-state index contributed by atoms with van der Waals surface area (Å²) in [7, 11) is 0. The second kappa shape index (κ2) is 9.73. The van der Waals surface area contributed by atoms with Crippen molar-refractivity contribution in [2.24, 2.45) is 11.8 Å². The molecule has 7 nitrogen and oxygen atoms in total. The van der Waals surface area contributed by atoms with E-state index < -0.39 is 0 Å². The largest absolute Gasteiger partial charge is 0.459 e. The van der Waals surface area contributed by atoms with E-state index in [-0.39, 0.29) is 23.6 Å². The van der Waals surface area contributed by atoms with Crippen LogP contribution in [0.4, 0.5) is 5.88 Å². The number of amides is 1. The van der Waals surface area contributed by atoms with E-state index in [2.05, 4.69) is 42.4 Å². The van der Waals surface area contributed by atoms with Crippen LogP contribution < -0.4 is 10.2 Å². The Hall–Kier alpha value is -3.53. The fourth-order valence-corrected chi connectivity index (χ4v) is 4.17. The molecule has 0 spiro atoms. The summed E-state index contributed by atoms with van der Waals surface area (Å²) in [6.07, 6.45) is 3.82. The normalized spacial score (nSPS) is 15.5. The van der Waals surface area contributed by atoms with Crippen LogP contribution in [-0.4, -0.2) is 24.0 Å². The molecule has 4 rings (SSSR count). The first-order valence-corrected chi connectivity index (χ1v) is 11.1. The maximum Gasteiger partial charge on any atom is 0.266 e. The SMILES string of the molecule is CC(C)CC(NC(=O)C1CCN(c2oc(-c3ccco3)nc2C#N)CC1)c1ccccc1. The molecule has 1 N–H and O–H groups in total. The van der Waals surface area contributed by atoms with Crippen molar-refractivity contribution in [3.8, 4) is 17.7 Å². The van der Waals surface area contributed by atoms with Crippen LogP contribution in [0.1, 0.15) is 50.4 Å². The summed E-state index contributed by atoms with van der Waals surface area (Å²) in [5, 5.41) is 12.8. The fourth-order valence-electron chi connectivity index (χ4n) is 4.17. The number of piperidine rings is 1. The maximum atomic E-state index is 13.1. The Morgan fingerprint density at radius 3 is 2.59 bits per heavy atom. The van der Waals surface area contributed by atoms with Crippen molar-refractivity contribution in [1.29, 1.82) is 5.26 Å². The van der Waals surface area contributed by atoms with Crippen molar-refractivity contribution in [2.75, 3.05) is 18.0 Å². The summed E-state index contributed by atoms with van der Waals surface area (Å²) < 4.78 is 11.2. The Balaban J connectivity index is 1.40. The molecule has 1 unspecified atom stereocenters. The molecular weight excluding hydrogens is 404 g/mol. The zero-order chi connectivity index (χ0) is 22.5. The van der Waals surface area contributed by atoms with Crippen LogP contribution in [0.15, 0.2) is 57.6 Å². The molecule has 0 radical (unpaired) electrons. The van der Waals surface area contributed by atoms with Gasteiger partial charge in [0, 0.05) is 19.0 Å². The highest BCUT2D eigenvalue weighted by molar-refractivity contribution is 5.79. The minimum atomic E-state index is -0.0670. The molecular formula is C25H28N4O3. The number of furan rings is 1. The fraction of sp³-hybridized carbons (Fsp3) is 0.400. The predicted octanol–water partition coefficient (Wildman–Crippen LogP) is 4.93. The molecule has 3 aromatic rings. The molecule has 0 aliphatic carbocycles. The van der Waals surface area contributed by atoms with Gasteiger partial charge in [0.25, 0.3) is 5.89 Å². The van der Waals surface area contributed by atoms with Gasteiger partial charge in [-0.05, 0) is 42.9 Å². The van der Waals surface area contributed by atoms with Crippen molar-refractivity contribution in [3.05, 3.63) is 60.0 Å². The van der Waals surface area contributed by atoms with E-state index in [1.165, 1.54) is 6.26 Å². The predicted molar refractivity (Wildman–Crippen MR) is 121 cm³/mol. The molecule has 1 aliphatic rings. The van der Waals surface area contributed by atoms with Crippen LogP contribution in [0.25, 0.3) is 11.7 Å². The Morgan fingerprint density at radius 2 is 1.97 bits per heavy atom. The number of benzene rings is 1. The topological polar surface area (TPSA) is 95.3 Å². The van der Waals surface area contributed by atoms with E-state index in [1.807, 2.05) is 23.1 Å². The van der Waals surface area contributed by atoms with Crippen LogP contribution >= 0.6 is 0 Å². The molecule has 1 atom stereocenters. The van der Waals surface area contributed by atoms with Gasteiger partial charge in [-0.3, -0.25) is 4.79 Å². The summed E-state index contributed by atoms with van der Waals surface area (Å²) in [5.41, 5.74) is 1.37. The monoisotopic (exact) mass is 432 g/mol. The van der Waals surface area contributed by atoms with Crippen LogP contribution in [0, 0.1) is 23.2 Å². The Bertz CT molecular complexity index is 1060. The van der Waals surface area contributed by atoms with E-state index in [0.717, 1.165) is 12.0 Å². The van der Waals surface area contributed by atoms with Crippen LogP contribution in [0.2, 0.25) is 0 Å². The molecule has 166 valence electrons. The number of nitrogens with zero attached hydrogens (tertiary/aromatic N) is 3. The van der Waals surface area contributed by atoms with E-state index in [1.54, 1.807) is 12.1 Å². The van der Waals surface area contributed by atoms with Crippen molar-refractivity contribution in [1.82, 2.24) is 10.3 Å². The number of rotatable bonds is 7. The average Bonchev–Trinajstić information content (AvgIpc) is 3.49. The summed E-state index contributed by atoms with van der Waals surface area (Å²) in [6, 6.07) is 15.8. The van der Waals surface area contributed by atoms with Crippen molar-refractivity contribution in [3.63, 3.8) is 0 Å². The quantitative estimate of drug-likeness (QED) is 0.569. The second-order valence-electron chi connectivity index (χ2n) is 8.62. The molecule has 0 bridgehead atoms. The highest BCUT2D eigenvalue weighted by atomic mass is 16.4. The van der Waals surface area contributed by atoms with Crippen LogP contribution in [-0.2, 0) is 4.79 Å². The molecule has 32 heavy (non-hydrogen) atoms. The first kappa shape index (κ1) is 21.7. The molecule has 1 amide bonds. The zero-order valence-corrected chi connectivity index (χ0v) is 18.5. The van der Waals surface area contributed by atoms with Crippen LogP contribution in [0.3, 0.4) is 0 Å². The van der Waals surface area contributed by atoms with Gasteiger partial charge in [-0.15, -0.1) is 0 Å². The third-order valence-corrected chi connectivity index (χ3v) is 5.83. The van der Waals surface area contributed by atoms with Crippen LogP contribution in [0.5, 0.6) is 0 Å². The third kappa shape index (κ3) is 4.86. The standard InChI is InChI=1S/C25H28N4O3/c1-17(2)15-20(18-7-4-3-5-8-18)27-23(30)19-10-12-29(13-11-19)25-21(16-26)28-24(32-25)22-9-6-14-31-22/h3-9,14,17,19-20H,10-13,15H2,1-2H3,(H,27,30). The van der Waals surface area contributed by atoms with Gasteiger partial charge in [0.15, 0.2) is 5.76 Å². The van der Waals surface area contributed by atoms with Gasteiger partial charge in [0.05, 0.1) is 12.3 Å². The Kier molecular flexibility index (Phi) is 6.60. The van der Waals surface area contributed by atoms with Gasteiger partial charge in [-0.2, -0.15) is 10.2 Å². The molecule has 7 heteroatoms. The summed E-state index contributed by atoms with van der Waals surface area (Å²) in [6.45, 7) is 5.59. The zero-order valence-electron chi connectivity index (χ0n) is 18.5. The summed E-state index contributed by atoms with van der Waals surface area (Å²) in [4.78, 5) is 19.3. The molecule has 1 fully saturated rings. The Labute approximate surface area is 188 Å². The first-order chi connectivity index (χ1) is 15.5. The van der Waals surface area contributed by atoms with Crippen molar-refractivity contribution >= 4 is 11.8 Å². The molecule has 1 aliphatic heterocycles. The molecule has 3 heterocycles. The minimum absolute atomic E-state index is 0.0112. The minimum Gasteiger partial charge on any atom is -0.459 e. The van der Waals surface area contributed by atoms with Gasteiger partial charge in [-0.1, -0.05) is 44.2 Å². The van der Waals surface area contributed by atoms with E-state index in [0.29, 0.717) is 49.4 Å². The Morgan fingerprint density at radius 1 is 1.22 bits per heavy atom. The van der Waals surface area contributed by atoms with E-state index in [9.17, 15) is 10.1 Å². The second-order valence-corrected chi connectivity index (χ2v) is 8.62. The van der Waals surface area contributed by atoms with E-state index in [4.69, 9.17) is 8.83 Å². The molecule has 0 saturated carbocycles. The van der Waals surface area contributed by atoms with Gasteiger partial charge in [0.1, 0.15) is 6.07 Å². The molecule has 2 aromatic heterocycles. The third-order valence-electron chi connectivity index (χ3n) is 5.83. The summed E-state index contributed by atoms with van der Waals surface area (Å²) >= 11 is 0. The lowest BCUT2D eigenvalue weighted by molar-refractivity contribution is -0.126. The van der Waals surface area contributed by atoms with E-state index >= 15 is 0 Å². The number of hydrogen-bond donors (Lipinski definition) is 1. The first-order valence-electron chi connectivity index (χ1n) is 11.1. The number of carbonyl (C=O) groups excluding carboxylic acids is 1. The van der Waals surface area contributed by atoms with Gasteiger partial charge >= 0.3 is 0 Å². The lowest BCUT2D eigenvalue weighted by atomic mass is 9.93. The number of nitrogens with one attached hydrogen (secondary N) is 1. The van der Waals surface area contributed by atoms with Crippen molar-refractivity contribution < 1.29 is 13.6 Å². The highest BCUT2D eigenvalue weighted by Crippen LogP contribution is 2.31. The van der Waals surface area contributed by atoms with Gasteiger partial charge < -0.3 is 19.1 Å². The number of oxazole rings is 1. The van der Waals surface area contributed by atoms with Gasteiger partial charge in [-0.25, -0.2) is 0 Å². The number of aromatic nitrogens is 1. The van der Waals surface area contributed by atoms with Gasteiger partial charge in [0.2, 0.25) is 17.5 Å². The number of nitriles is 1. The summed E-state index contributed by atoms with van der Waals surface area (Å²) in [5.74, 6) is 1.72. The smallest absolute Gasteiger partial charge is 0.266 e. The maximum absolute atomic E-state index is 13.1. The molecule has 1 saturated heterocycles. The lowest BCUT2D eigenvalue weighted by Crippen LogP contribution is -2.42. The number of hydrogen-bond acceptors (Lipinski definition) is 6. The number of anilines is 1. The molecule has 1 aromatic carbocycles. The lowest BCUT2D eigenvalue weighted by Gasteiger charge is -2.32. The van der Waals surface area contributed by atoms with Crippen molar-refractivity contribution in [2.45, 2.75) is 39.2 Å². The highest BCUT2D eigenvalue weighted by Gasteiger charge is 2.30.